The SMILES string of the molecule is C[C@]12CC=CC[C@@H]1CC[C@H]1[C@@H]3CC[C@H](C(=O)O)[C@@]3(C)CC(=O)[C@@H]12. The number of carboxylic acid groups (broad SMARTS) is 1. The molecule has 4 rings (SSSR count). The maximum atomic E-state index is 13.2. The van der Waals surface area contributed by atoms with Crippen LogP contribution in [0.2, 0.25) is 0 Å². The second-order valence-corrected chi connectivity index (χ2v) is 9.06. The van der Waals surface area contributed by atoms with E-state index in [0.29, 0.717) is 30.0 Å². The van der Waals surface area contributed by atoms with Gasteiger partial charge in [0, 0.05) is 12.3 Å². The van der Waals surface area contributed by atoms with Crippen molar-refractivity contribution in [2.45, 2.75) is 58.8 Å². The molecular formula is C20H28O3. The van der Waals surface area contributed by atoms with Crippen LogP contribution in [0.15, 0.2) is 12.2 Å². The number of carboxylic acids is 1. The van der Waals surface area contributed by atoms with E-state index < -0.39 is 5.97 Å². The van der Waals surface area contributed by atoms with Crippen LogP contribution in [0.5, 0.6) is 0 Å². The van der Waals surface area contributed by atoms with Crippen LogP contribution in [-0.4, -0.2) is 16.9 Å². The molecule has 0 unspecified atom stereocenters. The van der Waals surface area contributed by atoms with E-state index in [1.807, 2.05) is 0 Å². The first-order chi connectivity index (χ1) is 10.9. The molecule has 1 N–H and O–H groups in total. The number of allylic oxidation sites excluding steroid dienone is 2. The fourth-order valence-corrected chi connectivity index (χ4v) is 7.06. The molecule has 23 heavy (non-hydrogen) atoms. The number of Topliss-reactive ketones (excluding diaryl/α,β-unsaturated/α-hetero) is 1. The number of hydrogen-bond acceptors (Lipinski definition) is 2. The Kier molecular flexibility index (Phi) is 3.31. The van der Waals surface area contributed by atoms with Gasteiger partial charge >= 0.3 is 5.97 Å². The van der Waals surface area contributed by atoms with Gasteiger partial charge in [0.2, 0.25) is 0 Å². The third kappa shape index (κ3) is 1.94. The van der Waals surface area contributed by atoms with Crippen LogP contribution in [0.3, 0.4) is 0 Å². The second-order valence-electron chi connectivity index (χ2n) is 9.06. The summed E-state index contributed by atoms with van der Waals surface area (Å²) in [6, 6.07) is 0. The summed E-state index contributed by atoms with van der Waals surface area (Å²) in [4.78, 5) is 24.9. The number of fused-ring (bicyclic) bond motifs is 5. The minimum atomic E-state index is -0.693. The predicted molar refractivity (Wildman–Crippen MR) is 87.8 cm³/mol. The van der Waals surface area contributed by atoms with Crippen molar-refractivity contribution in [2.24, 2.45) is 40.4 Å². The first-order valence-electron chi connectivity index (χ1n) is 9.28. The van der Waals surface area contributed by atoms with Gasteiger partial charge in [-0.3, -0.25) is 9.59 Å². The van der Waals surface area contributed by atoms with Gasteiger partial charge in [0.05, 0.1) is 5.92 Å². The van der Waals surface area contributed by atoms with Gasteiger partial charge in [-0.25, -0.2) is 0 Å². The molecule has 0 aromatic carbocycles. The van der Waals surface area contributed by atoms with Gasteiger partial charge in [-0.05, 0) is 67.1 Å². The van der Waals surface area contributed by atoms with E-state index in [1.54, 1.807) is 0 Å². The fourth-order valence-electron chi connectivity index (χ4n) is 7.06. The molecule has 7 atom stereocenters. The first kappa shape index (κ1) is 15.4. The Labute approximate surface area is 138 Å². The molecule has 0 spiro atoms. The van der Waals surface area contributed by atoms with Gasteiger partial charge in [0.1, 0.15) is 5.78 Å². The van der Waals surface area contributed by atoms with Gasteiger partial charge in [-0.2, -0.15) is 0 Å². The minimum absolute atomic E-state index is 0.109. The molecule has 0 aliphatic heterocycles. The van der Waals surface area contributed by atoms with Gasteiger partial charge < -0.3 is 5.11 Å². The number of aliphatic carboxylic acids is 1. The lowest BCUT2D eigenvalue weighted by atomic mass is 9.45. The van der Waals surface area contributed by atoms with Crippen LogP contribution in [0.25, 0.3) is 0 Å². The van der Waals surface area contributed by atoms with Crippen LogP contribution in [-0.2, 0) is 9.59 Å². The third-order valence-electron chi connectivity index (χ3n) is 8.19. The molecule has 4 aliphatic rings. The molecule has 0 amide bonds. The van der Waals surface area contributed by atoms with Crippen molar-refractivity contribution in [1.29, 1.82) is 0 Å². The molecule has 0 aromatic heterocycles. The lowest BCUT2D eigenvalue weighted by molar-refractivity contribution is -0.160. The zero-order chi connectivity index (χ0) is 16.4. The standard InChI is InChI=1S/C20H28O3/c1-19-10-4-3-5-12(19)6-7-13-14-8-9-15(18(22)23)20(14,2)11-16(21)17(13)19/h3-4,12-15,17H,5-11H2,1-2H3,(H,22,23)/t12-,13+,14+,15-,17-,19+,20+/m1/s1. The van der Waals surface area contributed by atoms with Crippen molar-refractivity contribution in [1.82, 2.24) is 0 Å². The molecular weight excluding hydrogens is 288 g/mol. The Balaban J connectivity index is 1.72. The molecule has 0 aromatic rings. The second kappa shape index (κ2) is 4.94. The fraction of sp³-hybridized carbons (Fsp3) is 0.800. The number of rotatable bonds is 1. The molecule has 3 fully saturated rings. The van der Waals surface area contributed by atoms with Crippen molar-refractivity contribution >= 4 is 11.8 Å². The van der Waals surface area contributed by atoms with Crippen LogP contribution in [0.4, 0.5) is 0 Å². The summed E-state index contributed by atoms with van der Waals surface area (Å²) in [5.41, 5.74) is -0.199. The summed E-state index contributed by atoms with van der Waals surface area (Å²) in [5, 5.41) is 9.62. The number of carbonyl (C=O) groups is 2. The summed E-state index contributed by atoms with van der Waals surface area (Å²) in [7, 11) is 0. The largest absolute Gasteiger partial charge is 0.481 e. The normalized spacial score (nSPS) is 51.7. The van der Waals surface area contributed by atoms with Crippen LogP contribution >= 0.6 is 0 Å². The van der Waals surface area contributed by atoms with Crippen molar-refractivity contribution in [3.05, 3.63) is 12.2 Å². The average molecular weight is 316 g/mol. The summed E-state index contributed by atoms with van der Waals surface area (Å²) in [5.74, 6) is 0.990. The highest BCUT2D eigenvalue weighted by Gasteiger charge is 2.63. The van der Waals surface area contributed by atoms with E-state index in [2.05, 4.69) is 26.0 Å². The Bertz CT molecular complexity index is 579. The number of carbonyl (C=O) groups excluding carboxylic acids is 1. The molecule has 3 saturated carbocycles. The quantitative estimate of drug-likeness (QED) is 0.742. The molecule has 3 heteroatoms. The molecule has 126 valence electrons. The van der Waals surface area contributed by atoms with E-state index in [4.69, 9.17) is 0 Å². The number of hydrogen-bond donors (Lipinski definition) is 1. The molecule has 0 radical (unpaired) electrons. The third-order valence-corrected chi connectivity index (χ3v) is 8.19. The smallest absolute Gasteiger partial charge is 0.307 e. The van der Waals surface area contributed by atoms with E-state index in [9.17, 15) is 14.7 Å². The van der Waals surface area contributed by atoms with Crippen LogP contribution in [0, 0.1) is 40.4 Å². The van der Waals surface area contributed by atoms with E-state index in [1.165, 1.54) is 6.42 Å². The van der Waals surface area contributed by atoms with E-state index in [0.717, 1.165) is 32.1 Å². The highest BCUT2D eigenvalue weighted by molar-refractivity contribution is 5.85. The molecule has 4 aliphatic carbocycles. The van der Waals surface area contributed by atoms with Crippen molar-refractivity contribution in [2.75, 3.05) is 0 Å². The Morgan fingerprint density at radius 1 is 1.13 bits per heavy atom. The maximum Gasteiger partial charge on any atom is 0.307 e. The predicted octanol–water partition coefficient (Wildman–Crippen LogP) is 4.08. The highest BCUT2D eigenvalue weighted by atomic mass is 16.4. The molecule has 3 nitrogen and oxygen atoms in total. The maximum absolute atomic E-state index is 13.2. The van der Waals surface area contributed by atoms with Crippen LogP contribution < -0.4 is 0 Å². The summed E-state index contributed by atoms with van der Waals surface area (Å²) >= 11 is 0. The monoisotopic (exact) mass is 316 g/mol. The lowest BCUT2D eigenvalue weighted by Gasteiger charge is -2.58. The molecule has 0 bridgehead atoms. The molecule has 0 saturated heterocycles. The Morgan fingerprint density at radius 2 is 1.91 bits per heavy atom. The van der Waals surface area contributed by atoms with Gasteiger partial charge in [0.15, 0.2) is 0 Å². The Morgan fingerprint density at radius 3 is 2.65 bits per heavy atom. The van der Waals surface area contributed by atoms with Crippen molar-refractivity contribution < 1.29 is 14.7 Å². The van der Waals surface area contributed by atoms with Gasteiger partial charge in [-0.1, -0.05) is 26.0 Å². The highest BCUT2D eigenvalue weighted by Crippen LogP contribution is 2.65. The van der Waals surface area contributed by atoms with Gasteiger partial charge in [-0.15, -0.1) is 0 Å². The summed E-state index contributed by atoms with van der Waals surface area (Å²) in [6.45, 7) is 4.43. The zero-order valence-electron chi connectivity index (χ0n) is 14.3. The van der Waals surface area contributed by atoms with Gasteiger partial charge in [0.25, 0.3) is 0 Å². The molecule has 0 heterocycles. The van der Waals surface area contributed by atoms with Crippen LogP contribution in [0.1, 0.15) is 58.8 Å². The number of ketones is 1. The Hall–Kier alpha value is -1.12. The minimum Gasteiger partial charge on any atom is -0.481 e. The first-order valence-corrected chi connectivity index (χ1v) is 9.28. The summed E-state index contributed by atoms with van der Waals surface area (Å²) < 4.78 is 0. The zero-order valence-corrected chi connectivity index (χ0v) is 14.3. The van der Waals surface area contributed by atoms with E-state index >= 15 is 0 Å². The van der Waals surface area contributed by atoms with Crippen molar-refractivity contribution in [3.63, 3.8) is 0 Å². The summed E-state index contributed by atoms with van der Waals surface area (Å²) in [6.07, 6.45) is 11.3. The van der Waals surface area contributed by atoms with Crippen molar-refractivity contribution in [3.8, 4) is 0 Å². The average Bonchev–Trinajstić information content (AvgIpc) is 2.82. The topological polar surface area (TPSA) is 54.4 Å². The van der Waals surface area contributed by atoms with E-state index in [-0.39, 0.29) is 22.7 Å². The lowest BCUT2D eigenvalue weighted by Crippen LogP contribution is -2.56.